The van der Waals surface area contributed by atoms with Crippen LogP contribution in [-0.2, 0) is 66.2 Å². The van der Waals surface area contributed by atoms with Gasteiger partial charge in [-0.2, -0.15) is 33.7 Å². The van der Waals surface area contributed by atoms with Gasteiger partial charge in [-0.3, -0.25) is 18.2 Å². The molecule has 0 saturated carbocycles. The van der Waals surface area contributed by atoms with E-state index in [1.807, 2.05) is 13.8 Å². The SMILES string of the molecule is CCc1c(S(=O)(=O)O)c(S(=O)(=O)O)c2ccccc2c1CC.CCc1c(S(=O)(=O)O)c(S(=O)(=O)O)c2ccccc2c1CC. The minimum absolute atomic E-state index is 0.0756. The third-order valence-electron chi connectivity index (χ3n) is 7.13. The van der Waals surface area contributed by atoms with Gasteiger partial charge in [0.25, 0.3) is 40.5 Å². The number of benzene rings is 4. The summed E-state index contributed by atoms with van der Waals surface area (Å²) >= 11 is 0. The molecule has 4 aromatic carbocycles. The molecule has 0 aromatic heterocycles. The van der Waals surface area contributed by atoms with Gasteiger partial charge in [-0.1, -0.05) is 76.2 Å². The van der Waals surface area contributed by atoms with Crippen LogP contribution in [0.1, 0.15) is 49.9 Å². The van der Waals surface area contributed by atoms with Crippen molar-refractivity contribution >= 4 is 62.0 Å². The van der Waals surface area contributed by atoms with Gasteiger partial charge in [0, 0.05) is 10.8 Å². The Kier molecular flexibility index (Phi) is 10.3. The lowest BCUT2D eigenvalue weighted by Gasteiger charge is -2.18. The quantitative estimate of drug-likeness (QED) is 0.181. The van der Waals surface area contributed by atoms with Gasteiger partial charge >= 0.3 is 0 Å². The largest absolute Gasteiger partial charge is 0.296 e. The van der Waals surface area contributed by atoms with E-state index in [2.05, 4.69) is 0 Å². The molecule has 4 N–H and O–H groups in total. The molecule has 16 heteroatoms. The van der Waals surface area contributed by atoms with Crippen molar-refractivity contribution in [3.05, 3.63) is 70.8 Å². The summed E-state index contributed by atoms with van der Waals surface area (Å²) < 4.78 is 132. The van der Waals surface area contributed by atoms with Crippen LogP contribution in [0.15, 0.2) is 68.1 Å². The third-order valence-corrected chi connectivity index (χ3v) is 11.2. The lowest BCUT2D eigenvalue weighted by atomic mass is 9.95. The second kappa shape index (κ2) is 12.8. The van der Waals surface area contributed by atoms with Crippen molar-refractivity contribution in [1.29, 1.82) is 0 Å². The Hall–Kier alpha value is -2.96. The molecule has 4 aromatic rings. The molecule has 0 unspecified atom stereocenters. The molecule has 44 heavy (non-hydrogen) atoms. The molecule has 0 fully saturated rings. The highest BCUT2D eigenvalue weighted by Gasteiger charge is 2.33. The first-order valence-electron chi connectivity index (χ1n) is 13.3. The van der Waals surface area contributed by atoms with Crippen molar-refractivity contribution in [3.63, 3.8) is 0 Å². The van der Waals surface area contributed by atoms with Crippen molar-refractivity contribution in [2.75, 3.05) is 0 Å². The second-order valence-electron chi connectivity index (χ2n) is 9.64. The van der Waals surface area contributed by atoms with Crippen LogP contribution in [0.4, 0.5) is 0 Å². The summed E-state index contributed by atoms with van der Waals surface area (Å²) in [5.41, 5.74) is 1.68. The first-order chi connectivity index (χ1) is 20.2. The van der Waals surface area contributed by atoms with Crippen molar-refractivity contribution in [1.82, 2.24) is 0 Å². The first-order valence-corrected chi connectivity index (χ1v) is 19.0. The smallest absolute Gasteiger partial charge is 0.282 e. The lowest BCUT2D eigenvalue weighted by molar-refractivity contribution is 0.466. The van der Waals surface area contributed by atoms with E-state index in [4.69, 9.17) is 0 Å². The maximum absolute atomic E-state index is 11.8. The number of hydrogen-bond donors (Lipinski definition) is 4. The van der Waals surface area contributed by atoms with E-state index < -0.39 is 60.1 Å². The maximum Gasteiger partial charge on any atom is 0.296 e. The molecular formula is C28H32O12S4. The van der Waals surface area contributed by atoms with Crippen LogP contribution in [-0.4, -0.2) is 51.9 Å². The van der Waals surface area contributed by atoms with E-state index in [9.17, 15) is 51.9 Å². The summed E-state index contributed by atoms with van der Waals surface area (Å²) in [7, 11) is -19.3. The third kappa shape index (κ3) is 6.82. The Balaban J connectivity index is 0.000000240. The van der Waals surface area contributed by atoms with E-state index >= 15 is 0 Å². The number of hydrogen-bond acceptors (Lipinski definition) is 8. The summed E-state index contributed by atoms with van der Waals surface area (Å²) in [5, 5.41) is 1.24. The highest BCUT2D eigenvalue weighted by molar-refractivity contribution is 7.89. The van der Waals surface area contributed by atoms with Gasteiger partial charge in [-0.15, -0.1) is 0 Å². The fourth-order valence-corrected chi connectivity index (χ4v) is 10.4. The van der Waals surface area contributed by atoms with Gasteiger partial charge in [0.1, 0.15) is 19.6 Å². The Morgan fingerprint density at radius 1 is 0.386 bits per heavy atom. The van der Waals surface area contributed by atoms with E-state index in [0.717, 1.165) is 0 Å². The summed E-state index contributed by atoms with van der Waals surface area (Å²) in [6, 6.07) is 12.6. The number of fused-ring (bicyclic) bond motifs is 2. The zero-order valence-corrected chi connectivity index (χ0v) is 27.4. The molecule has 0 atom stereocenters. The highest BCUT2D eigenvalue weighted by atomic mass is 32.2. The van der Waals surface area contributed by atoms with E-state index in [0.29, 0.717) is 34.7 Å². The standard InChI is InChI=1S/2C14H16O6S2/c2*1-3-9-10(4-2)13(21(15,16)17)14(22(18,19)20)12-8-6-5-7-11(9)12/h2*5-8H,3-4H2,1-2H3,(H,15,16,17)(H,18,19,20). The molecular weight excluding hydrogens is 657 g/mol. The van der Waals surface area contributed by atoms with Crippen molar-refractivity contribution in [3.8, 4) is 0 Å². The fraction of sp³-hybridized carbons (Fsp3) is 0.286. The average molecular weight is 689 g/mol. The van der Waals surface area contributed by atoms with Gasteiger partial charge in [-0.25, -0.2) is 0 Å². The molecule has 0 radical (unpaired) electrons. The summed E-state index contributed by atoms with van der Waals surface area (Å²) in [5.74, 6) is 0. The summed E-state index contributed by atoms with van der Waals surface area (Å²) in [6.45, 7) is 6.93. The molecule has 0 aliphatic carbocycles. The molecule has 0 spiro atoms. The van der Waals surface area contributed by atoms with E-state index in [-0.39, 0.29) is 34.7 Å². The Morgan fingerprint density at radius 3 is 0.818 bits per heavy atom. The van der Waals surface area contributed by atoms with Gasteiger partial charge < -0.3 is 0 Å². The van der Waals surface area contributed by atoms with Crippen molar-refractivity contribution in [2.24, 2.45) is 0 Å². The minimum Gasteiger partial charge on any atom is -0.282 e. The van der Waals surface area contributed by atoms with Crippen LogP contribution in [0.3, 0.4) is 0 Å². The van der Waals surface area contributed by atoms with Gasteiger partial charge in [-0.05, 0) is 58.7 Å². The van der Waals surface area contributed by atoms with E-state index in [1.165, 1.54) is 24.3 Å². The van der Waals surface area contributed by atoms with E-state index in [1.54, 1.807) is 38.1 Å². The van der Waals surface area contributed by atoms with Crippen LogP contribution < -0.4 is 0 Å². The molecule has 0 amide bonds. The highest BCUT2D eigenvalue weighted by Crippen LogP contribution is 2.38. The van der Waals surface area contributed by atoms with Crippen LogP contribution >= 0.6 is 0 Å². The molecule has 4 rings (SSSR count). The average Bonchev–Trinajstić information content (AvgIpc) is 2.92. The van der Waals surface area contributed by atoms with Crippen LogP contribution in [0.5, 0.6) is 0 Å². The maximum atomic E-state index is 11.8. The molecule has 0 saturated heterocycles. The number of rotatable bonds is 8. The fourth-order valence-electron chi connectivity index (χ4n) is 5.62. The Morgan fingerprint density at radius 2 is 0.614 bits per heavy atom. The van der Waals surface area contributed by atoms with Gasteiger partial charge in [0.05, 0.1) is 0 Å². The predicted molar refractivity (Wildman–Crippen MR) is 165 cm³/mol. The van der Waals surface area contributed by atoms with Crippen LogP contribution in [0.25, 0.3) is 21.5 Å². The van der Waals surface area contributed by atoms with Crippen LogP contribution in [0.2, 0.25) is 0 Å². The first kappa shape index (κ1) is 35.5. The summed E-state index contributed by atoms with van der Waals surface area (Å²) in [6.07, 6.45) is 1.31. The zero-order valence-electron chi connectivity index (χ0n) is 24.1. The van der Waals surface area contributed by atoms with Crippen molar-refractivity contribution < 1.29 is 51.9 Å². The lowest BCUT2D eigenvalue weighted by Crippen LogP contribution is -2.14. The molecule has 0 bridgehead atoms. The van der Waals surface area contributed by atoms with Crippen LogP contribution in [0, 0.1) is 0 Å². The molecule has 0 aliphatic rings. The Labute approximate surface area is 256 Å². The normalized spacial score (nSPS) is 12.7. The predicted octanol–water partition coefficient (Wildman–Crippen LogP) is 4.92. The topological polar surface area (TPSA) is 217 Å². The molecule has 0 aliphatic heterocycles. The van der Waals surface area contributed by atoms with Crippen molar-refractivity contribution in [2.45, 2.75) is 73.0 Å². The minimum atomic E-state index is -4.84. The number of aryl methyl sites for hydroxylation is 2. The second-order valence-corrected chi connectivity index (χ2v) is 15.1. The molecule has 12 nitrogen and oxygen atoms in total. The zero-order chi connectivity index (χ0) is 33.4. The Bertz CT molecular complexity index is 2050. The monoisotopic (exact) mass is 688 g/mol. The summed E-state index contributed by atoms with van der Waals surface area (Å²) in [4.78, 5) is -2.99. The van der Waals surface area contributed by atoms with Gasteiger partial charge in [0.2, 0.25) is 0 Å². The molecule has 0 heterocycles. The van der Waals surface area contributed by atoms with Gasteiger partial charge in [0.15, 0.2) is 0 Å². The molecule has 240 valence electrons.